The van der Waals surface area contributed by atoms with Crippen LogP contribution in [0.3, 0.4) is 0 Å². The standard InChI is InChI=1S/C18H31N3O3/c1-15-4-5-16(18(24)17(15)13-22)12-20-8-2-6-19-7-3-9-21(14-23)11-10-20/h13-16,19,22H,2-12H2,1H3/b17-13+. The second-order valence-corrected chi connectivity index (χ2v) is 7.02. The lowest BCUT2D eigenvalue weighted by Gasteiger charge is -2.32. The molecule has 2 rings (SSSR count). The summed E-state index contributed by atoms with van der Waals surface area (Å²) < 4.78 is 0. The summed E-state index contributed by atoms with van der Waals surface area (Å²) in [7, 11) is 0. The average Bonchev–Trinajstić information content (AvgIpc) is 2.63. The number of nitrogens with one attached hydrogen (secondary N) is 1. The van der Waals surface area contributed by atoms with Gasteiger partial charge in [0.1, 0.15) is 0 Å². The molecule has 0 spiro atoms. The van der Waals surface area contributed by atoms with E-state index in [0.29, 0.717) is 12.1 Å². The molecule has 136 valence electrons. The molecule has 0 bridgehead atoms. The topological polar surface area (TPSA) is 72.9 Å². The number of nitrogens with zero attached hydrogens (tertiary/aromatic N) is 2. The Balaban J connectivity index is 1.96. The molecule has 2 aliphatic rings. The van der Waals surface area contributed by atoms with E-state index in [-0.39, 0.29) is 17.6 Å². The summed E-state index contributed by atoms with van der Waals surface area (Å²) in [5.74, 6) is 0.203. The molecule has 24 heavy (non-hydrogen) atoms. The van der Waals surface area contributed by atoms with Gasteiger partial charge in [0.2, 0.25) is 6.41 Å². The van der Waals surface area contributed by atoms with Gasteiger partial charge in [0.25, 0.3) is 0 Å². The molecule has 2 fully saturated rings. The van der Waals surface area contributed by atoms with E-state index in [2.05, 4.69) is 10.2 Å². The van der Waals surface area contributed by atoms with Crippen LogP contribution in [0.15, 0.2) is 11.8 Å². The second-order valence-electron chi connectivity index (χ2n) is 7.02. The third kappa shape index (κ3) is 5.31. The quantitative estimate of drug-likeness (QED) is 0.460. The zero-order valence-corrected chi connectivity index (χ0v) is 14.7. The number of carbonyl (C=O) groups is 2. The Kier molecular flexibility index (Phi) is 7.72. The minimum Gasteiger partial charge on any atom is -0.515 e. The summed E-state index contributed by atoms with van der Waals surface area (Å²) in [5.41, 5.74) is 0.570. The van der Waals surface area contributed by atoms with Crippen molar-refractivity contribution in [2.24, 2.45) is 11.8 Å². The van der Waals surface area contributed by atoms with E-state index in [4.69, 9.17) is 0 Å². The van der Waals surface area contributed by atoms with Crippen molar-refractivity contribution in [3.05, 3.63) is 11.8 Å². The van der Waals surface area contributed by atoms with Gasteiger partial charge in [-0.25, -0.2) is 0 Å². The van der Waals surface area contributed by atoms with Gasteiger partial charge in [-0.1, -0.05) is 6.92 Å². The van der Waals surface area contributed by atoms with E-state index < -0.39 is 0 Å². The molecule has 1 heterocycles. The van der Waals surface area contributed by atoms with E-state index in [9.17, 15) is 14.7 Å². The van der Waals surface area contributed by atoms with Crippen molar-refractivity contribution >= 4 is 12.2 Å². The van der Waals surface area contributed by atoms with Crippen LogP contribution in [0.25, 0.3) is 0 Å². The number of carbonyl (C=O) groups excluding carboxylic acids is 2. The van der Waals surface area contributed by atoms with Gasteiger partial charge in [-0.05, 0) is 51.2 Å². The number of ketones is 1. The Morgan fingerprint density at radius 2 is 1.92 bits per heavy atom. The largest absolute Gasteiger partial charge is 0.515 e. The Hall–Kier alpha value is -1.40. The molecule has 1 saturated heterocycles. The summed E-state index contributed by atoms with van der Waals surface area (Å²) in [5, 5.41) is 12.8. The first-order valence-electron chi connectivity index (χ1n) is 9.16. The highest BCUT2D eigenvalue weighted by Crippen LogP contribution is 2.30. The molecule has 0 radical (unpaired) electrons. The van der Waals surface area contributed by atoms with E-state index in [1.54, 1.807) is 0 Å². The van der Waals surface area contributed by atoms with Gasteiger partial charge in [-0.3, -0.25) is 9.59 Å². The maximum Gasteiger partial charge on any atom is 0.209 e. The fraction of sp³-hybridized carbons (Fsp3) is 0.778. The minimum absolute atomic E-state index is 0.0395. The first-order chi connectivity index (χ1) is 11.7. The summed E-state index contributed by atoms with van der Waals surface area (Å²) in [6.45, 7) is 7.84. The van der Waals surface area contributed by atoms with Gasteiger partial charge in [0, 0.05) is 37.7 Å². The van der Waals surface area contributed by atoms with Crippen molar-refractivity contribution in [1.29, 1.82) is 0 Å². The van der Waals surface area contributed by atoms with E-state index in [1.165, 1.54) is 0 Å². The molecule has 0 aromatic heterocycles. The predicted octanol–water partition coefficient (Wildman–Crippen LogP) is 1.19. The van der Waals surface area contributed by atoms with E-state index in [0.717, 1.165) is 77.6 Å². The van der Waals surface area contributed by atoms with E-state index >= 15 is 0 Å². The van der Waals surface area contributed by atoms with Crippen LogP contribution in [0, 0.1) is 11.8 Å². The van der Waals surface area contributed by atoms with Gasteiger partial charge >= 0.3 is 0 Å². The van der Waals surface area contributed by atoms with Crippen molar-refractivity contribution in [1.82, 2.24) is 15.1 Å². The smallest absolute Gasteiger partial charge is 0.209 e. The molecule has 2 N–H and O–H groups in total. The SMILES string of the molecule is CC1CCC(CN2CCCNCCCN(C=O)CC2)C(=O)/C1=C/O. The van der Waals surface area contributed by atoms with Crippen LogP contribution < -0.4 is 5.32 Å². The zero-order chi connectivity index (χ0) is 17.4. The maximum absolute atomic E-state index is 12.6. The fourth-order valence-electron chi connectivity index (χ4n) is 3.63. The Bertz CT molecular complexity index is 453. The predicted molar refractivity (Wildman–Crippen MR) is 93.8 cm³/mol. The number of Topliss-reactive ketones (excluding diaryl/α,β-unsaturated/α-hetero) is 1. The first-order valence-corrected chi connectivity index (χ1v) is 9.16. The van der Waals surface area contributed by atoms with Crippen molar-refractivity contribution in [3.8, 4) is 0 Å². The monoisotopic (exact) mass is 337 g/mol. The lowest BCUT2D eigenvalue weighted by Crippen LogP contribution is -2.41. The molecule has 1 saturated carbocycles. The van der Waals surface area contributed by atoms with Crippen molar-refractivity contribution < 1.29 is 14.7 Å². The molecule has 6 heteroatoms. The third-order valence-electron chi connectivity index (χ3n) is 5.23. The normalized spacial score (nSPS) is 30.1. The highest BCUT2D eigenvalue weighted by atomic mass is 16.2. The zero-order valence-electron chi connectivity index (χ0n) is 14.7. The highest BCUT2D eigenvalue weighted by molar-refractivity contribution is 5.98. The van der Waals surface area contributed by atoms with Crippen molar-refractivity contribution in [3.63, 3.8) is 0 Å². The second kappa shape index (κ2) is 9.79. The average molecular weight is 337 g/mol. The van der Waals surface area contributed by atoms with E-state index in [1.807, 2.05) is 11.8 Å². The Labute approximate surface area is 144 Å². The lowest BCUT2D eigenvalue weighted by atomic mass is 9.78. The van der Waals surface area contributed by atoms with Crippen LogP contribution in [0.5, 0.6) is 0 Å². The molecule has 1 aliphatic heterocycles. The number of rotatable bonds is 3. The number of hydrogen-bond donors (Lipinski definition) is 2. The van der Waals surface area contributed by atoms with Crippen molar-refractivity contribution in [2.75, 3.05) is 45.8 Å². The highest BCUT2D eigenvalue weighted by Gasteiger charge is 2.32. The van der Waals surface area contributed by atoms with Gasteiger partial charge < -0.3 is 20.2 Å². The number of aliphatic hydroxyl groups is 1. The van der Waals surface area contributed by atoms with Crippen LogP contribution >= 0.6 is 0 Å². The number of aliphatic hydroxyl groups excluding tert-OH is 1. The van der Waals surface area contributed by atoms with Crippen molar-refractivity contribution in [2.45, 2.75) is 32.6 Å². The third-order valence-corrected chi connectivity index (χ3v) is 5.23. The minimum atomic E-state index is -0.0395. The molecular weight excluding hydrogens is 306 g/mol. The molecule has 0 aromatic rings. The number of allylic oxidation sites excluding steroid dienone is 1. The first kappa shape index (κ1) is 18.9. The maximum atomic E-state index is 12.6. The van der Waals surface area contributed by atoms with Crippen LogP contribution in [0.4, 0.5) is 0 Å². The van der Waals surface area contributed by atoms with Crippen LogP contribution in [-0.2, 0) is 9.59 Å². The Morgan fingerprint density at radius 3 is 2.62 bits per heavy atom. The molecule has 1 amide bonds. The molecule has 0 aromatic carbocycles. The molecule has 6 nitrogen and oxygen atoms in total. The summed E-state index contributed by atoms with van der Waals surface area (Å²) in [6.07, 6.45) is 5.77. The van der Waals surface area contributed by atoms with Gasteiger partial charge in [-0.15, -0.1) is 0 Å². The molecular formula is C18H31N3O3. The number of hydrogen-bond acceptors (Lipinski definition) is 5. The van der Waals surface area contributed by atoms with Gasteiger partial charge in [0.15, 0.2) is 5.78 Å². The van der Waals surface area contributed by atoms with Crippen LogP contribution in [-0.4, -0.2) is 72.9 Å². The number of amides is 1. The van der Waals surface area contributed by atoms with Gasteiger partial charge in [-0.2, -0.15) is 0 Å². The van der Waals surface area contributed by atoms with Crippen LogP contribution in [0.2, 0.25) is 0 Å². The van der Waals surface area contributed by atoms with Crippen LogP contribution in [0.1, 0.15) is 32.6 Å². The van der Waals surface area contributed by atoms with Gasteiger partial charge in [0.05, 0.1) is 6.26 Å². The fourth-order valence-corrected chi connectivity index (χ4v) is 3.63. The Morgan fingerprint density at radius 1 is 1.17 bits per heavy atom. The summed E-state index contributed by atoms with van der Waals surface area (Å²) in [6, 6.07) is 0. The summed E-state index contributed by atoms with van der Waals surface area (Å²) in [4.78, 5) is 27.9. The molecule has 2 atom stereocenters. The lowest BCUT2D eigenvalue weighted by molar-refractivity contribution is -0.122. The molecule has 1 aliphatic carbocycles. The summed E-state index contributed by atoms with van der Waals surface area (Å²) >= 11 is 0. The molecule has 2 unspecified atom stereocenters.